The summed E-state index contributed by atoms with van der Waals surface area (Å²) in [5.74, 6) is 0. The molecule has 0 aromatic heterocycles. The van der Waals surface area contributed by atoms with Gasteiger partial charge < -0.3 is 14.5 Å². The van der Waals surface area contributed by atoms with Gasteiger partial charge in [-0.1, -0.05) is 12.1 Å². The number of anilines is 1. The van der Waals surface area contributed by atoms with E-state index >= 15 is 0 Å². The molecule has 108 valence electrons. The van der Waals surface area contributed by atoms with Crippen molar-refractivity contribution in [3.05, 3.63) is 29.8 Å². The lowest BCUT2D eigenvalue weighted by atomic mass is 9.98. The highest BCUT2D eigenvalue weighted by atomic mass is 17.3. The largest absolute Gasteiger partial charge is 0.531 e. The highest BCUT2D eigenvalue weighted by Crippen LogP contribution is 2.69. The minimum atomic E-state index is -0.973. The van der Waals surface area contributed by atoms with Crippen LogP contribution >= 0.6 is 0 Å². The summed E-state index contributed by atoms with van der Waals surface area (Å²) < 4.78 is 7.29. The topological polar surface area (TPSA) is 55.3 Å². The minimum absolute atomic E-state index is 0.498. The molecule has 20 heavy (non-hydrogen) atoms. The molecule has 2 atom stereocenters. The maximum atomic E-state index is 12.5. The Balaban J connectivity index is 2.06. The van der Waals surface area contributed by atoms with Crippen LogP contribution in [0.5, 0.6) is 0 Å². The van der Waals surface area contributed by atoms with Crippen molar-refractivity contribution >= 4 is 11.8 Å². The van der Waals surface area contributed by atoms with Gasteiger partial charge >= 0.3 is 11.8 Å². The number of nitrogens with zero attached hydrogens (tertiary/aromatic N) is 1. The van der Waals surface area contributed by atoms with Gasteiger partial charge in [0.05, 0.1) is 11.3 Å². The Morgan fingerprint density at radius 3 is 2.50 bits per heavy atom. The average molecular weight is 277 g/mol. The Morgan fingerprint density at radius 1 is 1.30 bits per heavy atom. The monoisotopic (exact) mass is 277 g/mol. The van der Waals surface area contributed by atoms with E-state index in [9.17, 15) is 10.1 Å². The number of fused-ring (bicyclic) bond motifs is 3. The molecule has 3 rings (SSSR count). The summed E-state index contributed by atoms with van der Waals surface area (Å²) in [5.41, 5.74) is -0.756. The first-order valence-corrected chi connectivity index (χ1v) is 6.69. The number of carbonyl (C=O) groups is 1. The second-order valence-corrected chi connectivity index (χ2v) is 6.62. The van der Waals surface area contributed by atoms with Crippen molar-refractivity contribution in [2.75, 3.05) is 4.90 Å². The molecular weight excluding hydrogens is 258 g/mol. The van der Waals surface area contributed by atoms with Gasteiger partial charge in [0.1, 0.15) is 5.60 Å². The van der Waals surface area contributed by atoms with Crippen molar-refractivity contribution in [2.24, 2.45) is 0 Å². The summed E-state index contributed by atoms with van der Waals surface area (Å²) in [6.07, 6.45) is -0.498. The van der Waals surface area contributed by atoms with Crippen LogP contribution in [0.3, 0.4) is 0 Å². The van der Waals surface area contributed by atoms with Crippen LogP contribution in [-0.2, 0) is 14.9 Å². The standard InChI is InChI=1S/C15H19NO4/c1-13(2,3)19-12(17)16-11-9-7-6-8-10(11)14(4)15(16,5)20(14)18/h6-9H,1-5H3. The lowest BCUT2D eigenvalue weighted by Gasteiger charge is -2.28. The quantitative estimate of drug-likeness (QED) is 0.415. The zero-order chi connectivity index (χ0) is 14.9. The molecule has 2 aliphatic heterocycles. The van der Waals surface area contributed by atoms with Gasteiger partial charge in [0.2, 0.25) is 0 Å². The van der Waals surface area contributed by atoms with E-state index < -0.39 is 23.0 Å². The second kappa shape index (κ2) is 3.54. The third-order valence-electron chi connectivity index (χ3n) is 4.24. The molecule has 1 saturated heterocycles. The van der Waals surface area contributed by atoms with Crippen LogP contribution in [0, 0.1) is 0 Å². The molecular formula is C15H19NO4. The van der Waals surface area contributed by atoms with Crippen LogP contribution < -0.4 is 10.2 Å². The zero-order valence-electron chi connectivity index (χ0n) is 12.4. The molecule has 5 nitrogen and oxygen atoms in total. The highest BCUT2D eigenvalue weighted by molar-refractivity contribution is 5.94. The number of amides is 1. The maximum absolute atomic E-state index is 12.5. The van der Waals surface area contributed by atoms with Gasteiger partial charge in [-0.05, 0) is 32.9 Å². The second-order valence-electron chi connectivity index (χ2n) is 6.62. The van der Waals surface area contributed by atoms with Crippen molar-refractivity contribution in [1.29, 1.82) is 0 Å². The van der Waals surface area contributed by atoms with Crippen LogP contribution in [0.2, 0.25) is 0 Å². The number of para-hydroxylation sites is 1. The van der Waals surface area contributed by atoms with E-state index in [1.807, 2.05) is 56.5 Å². The van der Waals surface area contributed by atoms with Gasteiger partial charge in [0.25, 0.3) is 5.60 Å². The molecule has 0 spiro atoms. The Hall–Kier alpha value is -1.59. The summed E-state index contributed by atoms with van der Waals surface area (Å²) >= 11 is 0. The summed E-state index contributed by atoms with van der Waals surface area (Å²) in [6.45, 7) is 9.00. The van der Waals surface area contributed by atoms with Crippen molar-refractivity contribution < 1.29 is 19.3 Å². The Morgan fingerprint density at radius 2 is 1.90 bits per heavy atom. The Bertz CT molecular complexity index is 594. The summed E-state index contributed by atoms with van der Waals surface area (Å²) in [6, 6.07) is 7.45. The first-order valence-electron chi connectivity index (χ1n) is 6.69. The number of benzene rings is 1. The molecule has 0 N–H and O–H groups in total. The molecule has 2 heterocycles. The van der Waals surface area contributed by atoms with E-state index in [0.29, 0.717) is 0 Å². The van der Waals surface area contributed by atoms with Crippen molar-refractivity contribution in [3.8, 4) is 0 Å². The summed E-state index contributed by atoms with van der Waals surface area (Å²) in [5, 5.41) is 12.2. The molecule has 1 fully saturated rings. The van der Waals surface area contributed by atoms with E-state index in [-0.39, 0.29) is 0 Å². The Kier molecular flexibility index (Phi) is 2.37. The SMILES string of the molecule is CC(C)(C)OC(=O)N1c2ccccc2C2(C)[O+]([O-])C12C. The molecule has 0 aliphatic carbocycles. The molecule has 2 aliphatic rings. The maximum Gasteiger partial charge on any atom is 0.421 e. The fourth-order valence-electron chi connectivity index (χ4n) is 3.04. The zero-order valence-corrected chi connectivity index (χ0v) is 12.4. The van der Waals surface area contributed by atoms with E-state index in [4.69, 9.17) is 4.74 Å². The van der Waals surface area contributed by atoms with E-state index in [1.165, 1.54) is 4.90 Å². The van der Waals surface area contributed by atoms with E-state index in [0.717, 1.165) is 11.3 Å². The average Bonchev–Trinajstić information content (AvgIpc) is 2.67. The fourth-order valence-corrected chi connectivity index (χ4v) is 3.04. The minimum Gasteiger partial charge on any atom is -0.531 e. The van der Waals surface area contributed by atoms with Gasteiger partial charge in [-0.25, -0.2) is 4.79 Å². The number of epoxide rings is 1. The third-order valence-corrected chi connectivity index (χ3v) is 4.24. The number of carbonyl (C=O) groups excluding carboxylic acids is 1. The fraction of sp³-hybridized carbons (Fsp3) is 0.533. The summed E-state index contributed by atoms with van der Waals surface area (Å²) in [4.78, 5) is 13.9. The van der Waals surface area contributed by atoms with E-state index in [1.54, 1.807) is 6.92 Å². The van der Waals surface area contributed by atoms with Crippen molar-refractivity contribution in [2.45, 2.75) is 51.5 Å². The molecule has 0 bridgehead atoms. The number of rotatable bonds is 0. The first kappa shape index (κ1) is 13.4. The number of hydrogen-bond donors (Lipinski definition) is 0. The number of ether oxygens (including phenoxy) is 1. The first-order chi connectivity index (χ1) is 9.14. The van der Waals surface area contributed by atoms with Crippen LogP contribution in [0.25, 0.3) is 0 Å². The molecule has 1 aromatic carbocycles. The number of hydrogen-bond acceptors (Lipinski definition) is 3. The van der Waals surface area contributed by atoms with Crippen LogP contribution in [0.4, 0.5) is 10.5 Å². The van der Waals surface area contributed by atoms with Gasteiger partial charge in [0, 0.05) is 13.8 Å². The normalized spacial score (nSPS) is 31.8. The third kappa shape index (κ3) is 1.37. The molecule has 0 saturated carbocycles. The van der Waals surface area contributed by atoms with Crippen LogP contribution in [-0.4, -0.2) is 17.4 Å². The predicted octanol–water partition coefficient (Wildman–Crippen LogP) is 2.21. The molecule has 1 aromatic rings. The van der Waals surface area contributed by atoms with Gasteiger partial charge in [-0.2, -0.15) is 4.90 Å². The molecule has 5 heteroatoms. The Labute approximate surface area is 118 Å². The predicted molar refractivity (Wildman–Crippen MR) is 72.0 cm³/mol. The lowest BCUT2D eigenvalue weighted by molar-refractivity contribution is -0.758. The summed E-state index contributed by atoms with van der Waals surface area (Å²) in [7, 11) is 0. The van der Waals surface area contributed by atoms with Crippen molar-refractivity contribution in [3.63, 3.8) is 0 Å². The van der Waals surface area contributed by atoms with Crippen LogP contribution in [0.15, 0.2) is 24.3 Å². The van der Waals surface area contributed by atoms with Crippen molar-refractivity contribution in [1.82, 2.24) is 0 Å². The van der Waals surface area contributed by atoms with Gasteiger partial charge in [-0.3, -0.25) is 0 Å². The van der Waals surface area contributed by atoms with E-state index in [2.05, 4.69) is 0 Å². The van der Waals surface area contributed by atoms with Crippen LogP contribution in [0.1, 0.15) is 40.2 Å². The lowest BCUT2D eigenvalue weighted by Crippen LogP contribution is -2.46. The molecule has 1 amide bonds. The molecule has 2 unspecified atom stereocenters. The smallest absolute Gasteiger partial charge is 0.421 e. The van der Waals surface area contributed by atoms with Gasteiger partial charge in [-0.15, -0.1) is 0 Å². The van der Waals surface area contributed by atoms with Gasteiger partial charge in [0.15, 0.2) is 0 Å². The highest BCUT2D eigenvalue weighted by Gasteiger charge is 2.88. The molecule has 0 radical (unpaired) electrons.